The van der Waals surface area contributed by atoms with Crippen LogP contribution in [-0.2, 0) is 14.2 Å². The molecule has 2 saturated heterocycles. The molecule has 10 atom stereocenters. The van der Waals surface area contributed by atoms with Gasteiger partial charge >= 0.3 is 0 Å². The number of fused-ring (bicyclic) bond motifs is 1. The fraction of sp³-hybridized carbons (Fsp3) is 0.464. The third-order valence-corrected chi connectivity index (χ3v) is 7.63. The molecule has 2 aliphatic rings. The van der Waals surface area contributed by atoms with E-state index in [0.29, 0.717) is 0 Å². The lowest BCUT2D eigenvalue weighted by molar-refractivity contribution is -0.309. The highest BCUT2D eigenvalue weighted by Gasteiger charge is 2.47. The molecule has 2 aliphatic heterocycles. The van der Waals surface area contributed by atoms with Crippen LogP contribution in [-0.4, -0.2) is 108 Å². The molecule has 9 N–H and O–H groups in total. The Labute approximate surface area is 242 Å². The second-order valence-electron chi connectivity index (χ2n) is 10.6. The summed E-state index contributed by atoms with van der Waals surface area (Å²) in [6.07, 6.45) is -12.8. The van der Waals surface area contributed by atoms with E-state index < -0.39 is 107 Å². The predicted molar refractivity (Wildman–Crippen MR) is 143 cm³/mol. The summed E-state index contributed by atoms with van der Waals surface area (Å²) in [7, 11) is 0. The molecular formula is C28H32O15. The SMILES string of the molecule is CC1[C@H](OC[C@H]2O[C@@H](Oc3c(-c4ccc(O)c(O)c4)oc4cc(O)cc(O)c4c3=O)C(O)C(O)[C@@H]2O)OC(C)[C@H](O)[C@@H]1O. The maximum Gasteiger partial charge on any atom is 0.239 e. The molecule has 15 heteroatoms. The number of rotatable bonds is 6. The molecule has 0 saturated carbocycles. The van der Waals surface area contributed by atoms with Crippen molar-refractivity contribution in [3.8, 4) is 40.1 Å². The van der Waals surface area contributed by atoms with Gasteiger partial charge in [-0.25, -0.2) is 0 Å². The summed E-state index contributed by atoms with van der Waals surface area (Å²) in [4.78, 5) is 13.6. The summed E-state index contributed by atoms with van der Waals surface area (Å²) >= 11 is 0. The van der Waals surface area contributed by atoms with Crippen LogP contribution in [0.1, 0.15) is 13.8 Å². The van der Waals surface area contributed by atoms with Crippen molar-refractivity contribution in [3.05, 3.63) is 40.6 Å². The summed E-state index contributed by atoms with van der Waals surface area (Å²) in [5.41, 5.74) is -1.26. The Morgan fingerprint density at radius 3 is 2.19 bits per heavy atom. The van der Waals surface area contributed by atoms with E-state index in [1.807, 2.05) is 0 Å². The van der Waals surface area contributed by atoms with Crippen molar-refractivity contribution < 1.29 is 69.3 Å². The Balaban J connectivity index is 1.48. The molecule has 0 amide bonds. The van der Waals surface area contributed by atoms with Gasteiger partial charge in [-0.3, -0.25) is 4.79 Å². The van der Waals surface area contributed by atoms with E-state index in [9.17, 15) is 50.8 Å². The number of aromatic hydroxyl groups is 4. The molecule has 0 radical (unpaired) electrons. The normalized spacial score (nSPS) is 33.0. The molecule has 3 heterocycles. The van der Waals surface area contributed by atoms with Crippen molar-refractivity contribution >= 4 is 11.0 Å². The minimum atomic E-state index is -1.92. The maximum absolute atomic E-state index is 13.6. The minimum absolute atomic E-state index is 0.00352. The van der Waals surface area contributed by atoms with E-state index in [4.69, 9.17) is 23.4 Å². The van der Waals surface area contributed by atoms with Crippen molar-refractivity contribution in [1.29, 1.82) is 0 Å². The van der Waals surface area contributed by atoms with Crippen molar-refractivity contribution in [2.75, 3.05) is 6.61 Å². The first-order valence-electron chi connectivity index (χ1n) is 13.3. The highest BCUT2D eigenvalue weighted by atomic mass is 16.7. The molecule has 4 unspecified atom stereocenters. The van der Waals surface area contributed by atoms with Crippen LogP contribution in [0.4, 0.5) is 0 Å². The van der Waals surface area contributed by atoms with Gasteiger partial charge in [0.05, 0.1) is 18.8 Å². The van der Waals surface area contributed by atoms with E-state index >= 15 is 0 Å². The number of ether oxygens (including phenoxy) is 4. The van der Waals surface area contributed by atoms with Crippen molar-refractivity contribution in [2.24, 2.45) is 5.92 Å². The van der Waals surface area contributed by atoms with E-state index in [0.717, 1.165) is 24.3 Å². The molecule has 15 nitrogen and oxygen atoms in total. The Morgan fingerprint density at radius 1 is 0.767 bits per heavy atom. The zero-order valence-corrected chi connectivity index (χ0v) is 22.8. The number of aliphatic hydroxyl groups is 5. The van der Waals surface area contributed by atoms with Gasteiger partial charge in [0.25, 0.3) is 0 Å². The van der Waals surface area contributed by atoms with Crippen LogP contribution in [0.25, 0.3) is 22.3 Å². The van der Waals surface area contributed by atoms with E-state index in [2.05, 4.69) is 0 Å². The lowest BCUT2D eigenvalue weighted by atomic mass is 9.93. The van der Waals surface area contributed by atoms with Crippen LogP contribution in [0.3, 0.4) is 0 Å². The van der Waals surface area contributed by atoms with Crippen molar-refractivity contribution in [2.45, 2.75) is 69.2 Å². The van der Waals surface area contributed by atoms with Crippen molar-refractivity contribution in [3.63, 3.8) is 0 Å². The summed E-state index contributed by atoms with van der Waals surface area (Å²) in [5, 5.41) is 91.9. The van der Waals surface area contributed by atoms with Gasteiger partial charge in [0.1, 0.15) is 53.0 Å². The molecule has 2 fully saturated rings. The average molecular weight is 609 g/mol. The number of benzene rings is 2. The third-order valence-electron chi connectivity index (χ3n) is 7.63. The highest BCUT2D eigenvalue weighted by Crippen LogP contribution is 2.39. The Kier molecular flexibility index (Phi) is 8.43. The second-order valence-corrected chi connectivity index (χ2v) is 10.6. The van der Waals surface area contributed by atoms with Gasteiger partial charge in [-0.2, -0.15) is 0 Å². The van der Waals surface area contributed by atoms with Gasteiger partial charge in [-0.15, -0.1) is 0 Å². The van der Waals surface area contributed by atoms with Crippen LogP contribution >= 0.6 is 0 Å². The standard InChI is InChI=1S/C28H32O15/c1-9-19(33)20(34)10(2)40-27(9)39-8-17-21(35)23(37)24(38)28(42-17)43-26-22(36)18-15(32)6-12(29)7-16(18)41-25(26)11-3-4-13(30)14(31)5-11/h3-7,9-10,17,19-21,23-24,27-35,37-38H,8H2,1-2H3/t9?,10?,17-,19-,20+,21-,23?,24?,27-,28+/m1/s1. The zero-order chi connectivity index (χ0) is 31.3. The van der Waals surface area contributed by atoms with E-state index in [-0.39, 0.29) is 16.9 Å². The van der Waals surface area contributed by atoms with E-state index in [1.54, 1.807) is 6.92 Å². The van der Waals surface area contributed by atoms with Gasteiger partial charge in [0.2, 0.25) is 17.5 Å². The molecule has 234 valence electrons. The lowest BCUT2D eigenvalue weighted by Crippen LogP contribution is -2.61. The molecular weight excluding hydrogens is 576 g/mol. The van der Waals surface area contributed by atoms with Crippen LogP contribution in [0.2, 0.25) is 0 Å². The smallest absolute Gasteiger partial charge is 0.239 e. The zero-order valence-electron chi connectivity index (χ0n) is 22.8. The molecule has 3 aromatic rings. The Hall–Kier alpha value is -3.67. The molecule has 5 rings (SSSR count). The molecule has 1 aromatic heterocycles. The average Bonchev–Trinajstić information content (AvgIpc) is 2.96. The van der Waals surface area contributed by atoms with E-state index in [1.165, 1.54) is 13.0 Å². The summed E-state index contributed by atoms with van der Waals surface area (Å²) < 4.78 is 28.5. The molecule has 0 bridgehead atoms. The number of hydrogen-bond donors (Lipinski definition) is 9. The first kappa shape index (κ1) is 30.8. The number of phenolic OH excluding ortho intramolecular Hbond substituents is 4. The minimum Gasteiger partial charge on any atom is -0.508 e. The number of hydrogen-bond acceptors (Lipinski definition) is 15. The molecule has 2 aromatic carbocycles. The van der Waals surface area contributed by atoms with Crippen molar-refractivity contribution in [1.82, 2.24) is 0 Å². The summed E-state index contributed by atoms with van der Waals surface area (Å²) in [5.74, 6) is -3.87. The summed E-state index contributed by atoms with van der Waals surface area (Å²) in [6, 6.07) is 5.34. The highest BCUT2D eigenvalue weighted by molar-refractivity contribution is 5.88. The monoisotopic (exact) mass is 608 g/mol. The maximum atomic E-state index is 13.6. The fourth-order valence-electron chi connectivity index (χ4n) is 5.04. The predicted octanol–water partition coefficient (Wildman–Crippen LogP) is -0.412. The molecule has 0 spiro atoms. The fourth-order valence-corrected chi connectivity index (χ4v) is 5.04. The van der Waals surface area contributed by atoms with Crippen LogP contribution < -0.4 is 10.2 Å². The summed E-state index contributed by atoms with van der Waals surface area (Å²) in [6.45, 7) is 2.66. The van der Waals surface area contributed by atoms with Gasteiger partial charge in [0, 0.05) is 23.6 Å². The lowest BCUT2D eigenvalue weighted by Gasteiger charge is -2.42. The number of aliphatic hydroxyl groups excluding tert-OH is 5. The second kappa shape index (κ2) is 11.8. The third kappa shape index (κ3) is 5.69. The number of phenols is 4. The molecule has 0 aliphatic carbocycles. The van der Waals surface area contributed by atoms with Gasteiger partial charge < -0.3 is 69.3 Å². The largest absolute Gasteiger partial charge is 0.508 e. The molecule has 43 heavy (non-hydrogen) atoms. The first-order chi connectivity index (χ1) is 20.3. The Morgan fingerprint density at radius 2 is 1.49 bits per heavy atom. The van der Waals surface area contributed by atoms with Gasteiger partial charge in [-0.05, 0) is 25.1 Å². The quantitative estimate of drug-likeness (QED) is 0.161. The van der Waals surface area contributed by atoms with Crippen LogP contribution in [0.15, 0.2) is 39.5 Å². The van der Waals surface area contributed by atoms with Crippen LogP contribution in [0.5, 0.6) is 28.7 Å². The topological polar surface area (TPSA) is 249 Å². The first-order valence-corrected chi connectivity index (χ1v) is 13.3. The van der Waals surface area contributed by atoms with Crippen LogP contribution in [0, 0.1) is 5.92 Å². The Bertz CT molecular complexity index is 1540. The van der Waals surface area contributed by atoms with Gasteiger partial charge in [0.15, 0.2) is 23.5 Å². The van der Waals surface area contributed by atoms with Gasteiger partial charge in [-0.1, -0.05) is 6.92 Å².